The van der Waals surface area contributed by atoms with Crippen LogP contribution in [0.15, 0.2) is 132 Å². The second-order valence-corrected chi connectivity index (χ2v) is 10.3. The van der Waals surface area contributed by atoms with Gasteiger partial charge in [0.15, 0.2) is 0 Å². The van der Waals surface area contributed by atoms with Crippen LogP contribution in [0.2, 0.25) is 0 Å². The number of nitrogens with zero attached hydrogens (tertiary/aromatic N) is 2. The minimum absolute atomic E-state index is 0.285. The molecule has 0 bridgehead atoms. The van der Waals surface area contributed by atoms with E-state index in [2.05, 4.69) is 77.5 Å². The van der Waals surface area contributed by atoms with Gasteiger partial charge in [-0.3, -0.25) is 4.79 Å². The first-order chi connectivity index (χ1) is 20.6. The van der Waals surface area contributed by atoms with Gasteiger partial charge in [0.1, 0.15) is 12.4 Å². The molecule has 0 radical (unpaired) electrons. The number of aryl methyl sites for hydroxylation is 2. The highest BCUT2D eigenvalue weighted by molar-refractivity contribution is 6.03. The van der Waals surface area contributed by atoms with Crippen molar-refractivity contribution in [2.75, 3.05) is 0 Å². The van der Waals surface area contributed by atoms with Gasteiger partial charge in [-0.2, -0.15) is 5.10 Å². The zero-order chi connectivity index (χ0) is 28.9. The van der Waals surface area contributed by atoms with Crippen molar-refractivity contribution < 1.29 is 9.53 Å². The molecule has 42 heavy (non-hydrogen) atoms. The first-order valence-electron chi connectivity index (χ1n) is 13.9. The quantitative estimate of drug-likeness (QED) is 0.153. The van der Waals surface area contributed by atoms with E-state index < -0.39 is 0 Å². The third-order valence-electron chi connectivity index (χ3n) is 7.34. The maximum absolute atomic E-state index is 13.0. The Morgan fingerprint density at radius 3 is 2.31 bits per heavy atom. The van der Waals surface area contributed by atoms with Gasteiger partial charge < -0.3 is 9.30 Å². The minimum Gasteiger partial charge on any atom is -0.488 e. The van der Waals surface area contributed by atoms with Gasteiger partial charge >= 0.3 is 0 Å². The number of aromatic nitrogens is 1. The van der Waals surface area contributed by atoms with Crippen LogP contribution in [0.4, 0.5) is 0 Å². The molecular formula is C37H31N3O2. The van der Waals surface area contributed by atoms with Crippen LogP contribution in [0.1, 0.15) is 32.7 Å². The Morgan fingerprint density at radius 1 is 0.786 bits per heavy atom. The van der Waals surface area contributed by atoms with Crippen LogP contribution in [-0.2, 0) is 6.61 Å². The smallest absolute Gasteiger partial charge is 0.271 e. The van der Waals surface area contributed by atoms with Gasteiger partial charge in [-0.15, -0.1) is 0 Å². The molecule has 5 nitrogen and oxygen atoms in total. The number of amides is 1. The highest BCUT2D eigenvalue weighted by Crippen LogP contribution is 2.28. The number of carbonyl (C=O) groups is 1. The molecule has 0 fully saturated rings. The fourth-order valence-corrected chi connectivity index (χ4v) is 5.08. The molecule has 0 aliphatic rings. The van der Waals surface area contributed by atoms with E-state index >= 15 is 0 Å². The van der Waals surface area contributed by atoms with Gasteiger partial charge in [0.25, 0.3) is 5.91 Å². The summed E-state index contributed by atoms with van der Waals surface area (Å²) in [6.07, 6.45) is 1.66. The molecule has 0 spiro atoms. The Kier molecular flexibility index (Phi) is 7.64. The van der Waals surface area contributed by atoms with Gasteiger partial charge in [-0.25, -0.2) is 5.43 Å². The first kappa shape index (κ1) is 26.8. The Bertz CT molecular complexity index is 1870. The molecule has 1 amide bonds. The number of carbonyl (C=O) groups excluding carboxylic acids is 1. The van der Waals surface area contributed by atoms with E-state index in [0.717, 1.165) is 44.5 Å². The van der Waals surface area contributed by atoms with E-state index in [0.29, 0.717) is 17.9 Å². The number of hydrogen-bond acceptors (Lipinski definition) is 3. The van der Waals surface area contributed by atoms with Crippen LogP contribution in [0.5, 0.6) is 5.75 Å². The van der Waals surface area contributed by atoms with E-state index in [9.17, 15) is 4.79 Å². The van der Waals surface area contributed by atoms with Crippen LogP contribution in [0.25, 0.3) is 27.7 Å². The van der Waals surface area contributed by atoms with Crippen LogP contribution in [0, 0.1) is 13.8 Å². The lowest BCUT2D eigenvalue weighted by Gasteiger charge is -2.13. The van der Waals surface area contributed by atoms with Crippen molar-refractivity contribution in [2.24, 2.45) is 5.10 Å². The van der Waals surface area contributed by atoms with E-state index in [-0.39, 0.29) is 5.91 Å². The zero-order valence-electron chi connectivity index (χ0n) is 23.6. The lowest BCUT2D eigenvalue weighted by Crippen LogP contribution is -2.17. The summed E-state index contributed by atoms with van der Waals surface area (Å²) in [5, 5.41) is 6.39. The summed E-state index contributed by atoms with van der Waals surface area (Å²) in [4.78, 5) is 13.0. The molecule has 5 heteroatoms. The summed E-state index contributed by atoms with van der Waals surface area (Å²) in [6.45, 7) is 4.58. The highest BCUT2D eigenvalue weighted by Gasteiger charge is 2.12. The van der Waals surface area contributed by atoms with Crippen molar-refractivity contribution in [1.29, 1.82) is 0 Å². The molecule has 0 aliphatic heterocycles. The zero-order valence-corrected chi connectivity index (χ0v) is 23.6. The number of hydrogen-bond donors (Lipinski definition) is 1. The van der Waals surface area contributed by atoms with Crippen LogP contribution in [-0.4, -0.2) is 16.7 Å². The lowest BCUT2D eigenvalue weighted by molar-refractivity contribution is 0.0955. The van der Waals surface area contributed by atoms with Crippen molar-refractivity contribution in [1.82, 2.24) is 9.99 Å². The number of ether oxygens (including phenoxy) is 1. The van der Waals surface area contributed by atoms with Crippen molar-refractivity contribution in [3.8, 4) is 22.7 Å². The molecule has 0 saturated heterocycles. The number of nitrogens with one attached hydrogen (secondary N) is 1. The monoisotopic (exact) mass is 549 g/mol. The topological polar surface area (TPSA) is 55.6 Å². The molecule has 1 heterocycles. The van der Waals surface area contributed by atoms with E-state index in [4.69, 9.17) is 4.74 Å². The molecule has 0 aliphatic carbocycles. The Balaban J connectivity index is 1.20. The fourth-order valence-electron chi connectivity index (χ4n) is 5.08. The standard InChI is InChI=1S/C37H31N3O2/c1-26-12-15-28(16-13-26)25-42-36-23-19-29-8-6-7-11-33(29)34(36)24-38-39-37(41)31-17-20-32(21-18-31)40-27(2)14-22-35(40)30-9-4-3-5-10-30/h3-24H,25H2,1-2H3,(H,39,41)/b38-24+. The van der Waals surface area contributed by atoms with E-state index in [1.165, 1.54) is 5.56 Å². The van der Waals surface area contributed by atoms with Gasteiger partial charge in [0, 0.05) is 22.5 Å². The Hall–Kier alpha value is -5.42. The van der Waals surface area contributed by atoms with Gasteiger partial charge in [-0.1, -0.05) is 90.5 Å². The third-order valence-corrected chi connectivity index (χ3v) is 7.34. The lowest BCUT2D eigenvalue weighted by atomic mass is 10.0. The molecular weight excluding hydrogens is 518 g/mol. The van der Waals surface area contributed by atoms with Crippen molar-refractivity contribution >= 4 is 22.9 Å². The normalized spacial score (nSPS) is 11.2. The fraction of sp³-hybridized carbons (Fsp3) is 0.0811. The van der Waals surface area contributed by atoms with Crippen LogP contribution in [0.3, 0.4) is 0 Å². The Morgan fingerprint density at radius 2 is 1.52 bits per heavy atom. The minimum atomic E-state index is -0.285. The predicted molar refractivity (Wildman–Crippen MR) is 170 cm³/mol. The summed E-state index contributed by atoms with van der Waals surface area (Å²) >= 11 is 0. The van der Waals surface area contributed by atoms with E-state index in [1.54, 1.807) is 6.21 Å². The third kappa shape index (κ3) is 5.72. The second kappa shape index (κ2) is 12.0. The Labute approximate surface area is 245 Å². The predicted octanol–water partition coefficient (Wildman–Crippen LogP) is 8.26. The van der Waals surface area contributed by atoms with Crippen molar-refractivity contribution in [3.05, 3.63) is 155 Å². The van der Waals surface area contributed by atoms with Gasteiger partial charge in [-0.05, 0) is 78.2 Å². The molecule has 1 aromatic heterocycles. The molecule has 0 saturated carbocycles. The molecule has 5 aromatic carbocycles. The number of fused-ring (bicyclic) bond motifs is 1. The van der Waals surface area contributed by atoms with Crippen molar-refractivity contribution in [2.45, 2.75) is 20.5 Å². The molecule has 206 valence electrons. The van der Waals surface area contributed by atoms with Crippen LogP contribution >= 0.6 is 0 Å². The molecule has 0 atom stereocenters. The maximum atomic E-state index is 13.0. The average Bonchev–Trinajstić information content (AvgIpc) is 3.42. The highest BCUT2D eigenvalue weighted by atomic mass is 16.5. The first-order valence-corrected chi connectivity index (χ1v) is 13.9. The van der Waals surface area contributed by atoms with Gasteiger partial charge in [0.05, 0.1) is 11.9 Å². The van der Waals surface area contributed by atoms with Crippen molar-refractivity contribution in [3.63, 3.8) is 0 Å². The SMILES string of the molecule is Cc1ccc(COc2ccc3ccccc3c2/C=N/NC(=O)c2ccc(-n3c(C)ccc3-c3ccccc3)cc2)cc1. The van der Waals surface area contributed by atoms with Crippen LogP contribution < -0.4 is 10.2 Å². The summed E-state index contributed by atoms with van der Waals surface area (Å²) in [5.41, 5.74) is 10.7. The largest absolute Gasteiger partial charge is 0.488 e. The second-order valence-electron chi connectivity index (χ2n) is 10.3. The summed E-state index contributed by atoms with van der Waals surface area (Å²) < 4.78 is 8.40. The number of hydrazone groups is 1. The molecule has 0 unspecified atom stereocenters. The maximum Gasteiger partial charge on any atom is 0.271 e. The number of benzene rings is 5. The summed E-state index contributed by atoms with van der Waals surface area (Å²) in [7, 11) is 0. The summed E-state index contributed by atoms with van der Waals surface area (Å²) in [6, 6.07) is 42.4. The molecule has 6 rings (SSSR count). The number of rotatable bonds is 8. The molecule has 6 aromatic rings. The molecule has 1 N–H and O–H groups in total. The van der Waals surface area contributed by atoms with E-state index in [1.807, 2.05) is 78.9 Å². The average molecular weight is 550 g/mol. The summed E-state index contributed by atoms with van der Waals surface area (Å²) in [5.74, 6) is 0.417. The van der Waals surface area contributed by atoms with Gasteiger partial charge in [0.2, 0.25) is 0 Å².